The van der Waals surface area contributed by atoms with Crippen molar-refractivity contribution in [1.82, 2.24) is 0 Å². The van der Waals surface area contributed by atoms with Crippen LogP contribution in [0.15, 0.2) is 34.8 Å². The van der Waals surface area contributed by atoms with Crippen LogP contribution < -0.4 is 10.5 Å². The SMILES string of the molecule is NC(c1cc(Cl)ccc1F)c1cc(Br)cc2c1OCC2. The summed E-state index contributed by atoms with van der Waals surface area (Å²) >= 11 is 9.39. The average molecular weight is 357 g/mol. The first-order chi connectivity index (χ1) is 9.56. The van der Waals surface area contributed by atoms with Gasteiger partial charge in [0.05, 0.1) is 12.6 Å². The molecule has 1 atom stereocenters. The molecule has 1 heterocycles. The Morgan fingerprint density at radius 2 is 2.05 bits per heavy atom. The minimum atomic E-state index is -0.613. The molecule has 5 heteroatoms. The minimum Gasteiger partial charge on any atom is -0.493 e. The third-order valence-corrected chi connectivity index (χ3v) is 4.10. The molecule has 20 heavy (non-hydrogen) atoms. The molecule has 0 radical (unpaired) electrons. The van der Waals surface area contributed by atoms with Crippen LogP contribution in [0, 0.1) is 5.82 Å². The van der Waals surface area contributed by atoms with Gasteiger partial charge >= 0.3 is 0 Å². The largest absolute Gasteiger partial charge is 0.493 e. The molecule has 104 valence electrons. The Morgan fingerprint density at radius 1 is 1.25 bits per heavy atom. The molecule has 0 bridgehead atoms. The van der Waals surface area contributed by atoms with Crippen LogP contribution in [-0.4, -0.2) is 6.61 Å². The molecule has 0 spiro atoms. The maximum Gasteiger partial charge on any atom is 0.128 e. The van der Waals surface area contributed by atoms with Crippen molar-refractivity contribution in [2.45, 2.75) is 12.5 Å². The van der Waals surface area contributed by atoms with Crippen LogP contribution in [0.1, 0.15) is 22.7 Å². The number of benzene rings is 2. The van der Waals surface area contributed by atoms with Crippen molar-refractivity contribution in [1.29, 1.82) is 0 Å². The van der Waals surface area contributed by atoms with Crippen molar-refractivity contribution in [3.05, 3.63) is 62.3 Å². The first-order valence-electron chi connectivity index (χ1n) is 6.22. The zero-order chi connectivity index (χ0) is 14.3. The lowest BCUT2D eigenvalue weighted by atomic mass is 9.96. The summed E-state index contributed by atoms with van der Waals surface area (Å²) in [5.41, 5.74) is 8.46. The second-order valence-electron chi connectivity index (χ2n) is 4.73. The number of hydrogen-bond acceptors (Lipinski definition) is 2. The van der Waals surface area contributed by atoms with E-state index in [4.69, 9.17) is 22.1 Å². The maximum absolute atomic E-state index is 14.0. The van der Waals surface area contributed by atoms with Crippen molar-refractivity contribution in [3.8, 4) is 5.75 Å². The van der Waals surface area contributed by atoms with E-state index in [1.54, 1.807) is 6.07 Å². The van der Waals surface area contributed by atoms with Crippen molar-refractivity contribution in [3.63, 3.8) is 0 Å². The molecule has 0 saturated heterocycles. The van der Waals surface area contributed by atoms with Gasteiger partial charge in [-0.3, -0.25) is 0 Å². The van der Waals surface area contributed by atoms with Gasteiger partial charge in [0.2, 0.25) is 0 Å². The Labute approximate surface area is 129 Å². The van der Waals surface area contributed by atoms with Gasteiger partial charge in [-0.2, -0.15) is 0 Å². The molecule has 2 aromatic rings. The predicted octanol–water partition coefficient (Wildman–Crippen LogP) is 4.22. The van der Waals surface area contributed by atoms with Crippen LogP contribution in [0.3, 0.4) is 0 Å². The number of rotatable bonds is 2. The van der Waals surface area contributed by atoms with E-state index in [1.807, 2.05) is 12.1 Å². The van der Waals surface area contributed by atoms with E-state index in [-0.39, 0.29) is 5.82 Å². The Morgan fingerprint density at radius 3 is 2.85 bits per heavy atom. The van der Waals surface area contributed by atoms with Crippen LogP contribution >= 0.6 is 27.5 Å². The molecule has 2 N–H and O–H groups in total. The molecule has 0 amide bonds. The Bertz CT molecular complexity index is 677. The molecular formula is C15H12BrClFNO. The Kier molecular flexibility index (Phi) is 3.71. The van der Waals surface area contributed by atoms with Crippen LogP contribution in [0.2, 0.25) is 5.02 Å². The van der Waals surface area contributed by atoms with E-state index >= 15 is 0 Å². The van der Waals surface area contributed by atoms with Crippen LogP contribution in [0.25, 0.3) is 0 Å². The van der Waals surface area contributed by atoms with Crippen LogP contribution in [-0.2, 0) is 6.42 Å². The number of fused-ring (bicyclic) bond motifs is 1. The van der Waals surface area contributed by atoms with Gasteiger partial charge in [0.25, 0.3) is 0 Å². The molecule has 0 aliphatic carbocycles. The zero-order valence-electron chi connectivity index (χ0n) is 10.5. The molecular weight excluding hydrogens is 345 g/mol. The van der Waals surface area contributed by atoms with Crippen LogP contribution in [0.4, 0.5) is 4.39 Å². The number of nitrogens with two attached hydrogens (primary N) is 1. The molecule has 1 unspecified atom stereocenters. The van der Waals surface area contributed by atoms with Crippen molar-refractivity contribution < 1.29 is 9.13 Å². The maximum atomic E-state index is 14.0. The van der Waals surface area contributed by atoms with Crippen molar-refractivity contribution in [2.75, 3.05) is 6.61 Å². The highest BCUT2D eigenvalue weighted by Gasteiger charge is 2.24. The molecule has 1 aliphatic rings. The Hall–Kier alpha value is -1.10. The summed E-state index contributed by atoms with van der Waals surface area (Å²) in [6.07, 6.45) is 0.840. The highest BCUT2D eigenvalue weighted by molar-refractivity contribution is 9.10. The molecule has 0 saturated carbocycles. The van der Waals surface area contributed by atoms with E-state index in [2.05, 4.69) is 15.9 Å². The van der Waals surface area contributed by atoms with Gasteiger partial charge < -0.3 is 10.5 Å². The van der Waals surface area contributed by atoms with Gasteiger partial charge in [0.1, 0.15) is 11.6 Å². The third kappa shape index (κ3) is 2.43. The third-order valence-electron chi connectivity index (χ3n) is 3.41. The summed E-state index contributed by atoms with van der Waals surface area (Å²) in [5.74, 6) is 0.397. The van der Waals surface area contributed by atoms with Gasteiger partial charge in [-0.05, 0) is 35.9 Å². The summed E-state index contributed by atoms with van der Waals surface area (Å²) in [5, 5.41) is 0.462. The van der Waals surface area contributed by atoms with Gasteiger partial charge in [-0.25, -0.2) is 4.39 Å². The normalized spacial score (nSPS) is 14.8. The Balaban J connectivity index is 2.11. The summed E-state index contributed by atoms with van der Waals surface area (Å²) in [6.45, 7) is 0.629. The first kappa shape index (κ1) is 13.9. The quantitative estimate of drug-likeness (QED) is 0.874. The topological polar surface area (TPSA) is 35.2 Å². The molecule has 0 aromatic heterocycles. The average Bonchev–Trinajstić information content (AvgIpc) is 2.87. The van der Waals surface area contributed by atoms with Crippen molar-refractivity contribution >= 4 is 27.5 Å². The summed E-state index contributed by atoms with van der Waals surface area (Å²) < 4.78 is 20.5. The molecule has 1 aliphatic heterocycles. The lowest BCUT2D eigenvalue weighted by Gasteiger charge is -2.17. The molecule has 2 nitrogen and oxygen atoms in total. The summed E-state index contributed by atoms with van der Waals surface area (Å²) in [7, 11) is 0. The van der Waals surface area contributed by atoms with Crippen molar-refractivity contribution in [2.24, 2.45) is 5.73 Å². The second kappa shape index (κ2) is 5.35. The summed E-state index contributed by atoms with van der Waals surface area (Å²) in [6, 6.07) is 7.66. The minimum absolute atomic E-state index is 0.367. The number of halogens is 3. The number of ether oxygens (including phenoxy) is 1. The first-order valence-corrected chi connectivity index (χ1v) is 7.39. The van der Waals surface area contributed by atoms with E-state index in [1.165, 1.54) is 12.1 Å². The van der Waals surface area contributed by atoms with E-state index in [9.17, 15) is 4.39 Å². The fraction of sp³-hybridized carbons (Fsp3) is 0.200. The number of hydrogen-bond donors (Lipinski definition) is 1. The van der Waals surface area contributed by atoms with E-state index < -0.39 is 6.04 Å². The molecule has 0 fully saturated rings. The summed E-state index contributed by atoms with van der Waals surface area (Å²) in [4.78, 5) is 0. The fourth-order valence-electron chi connectivity index (χ4n) is 2.45. The highest BCUT2D eigenvalue weighted by Crippen LogP contribution is 2.38. The zero-order valence-corrected chi connectivity index (χ0v) is 12.8. The van der Waals surface area contributed by atoms with Gasteiger partial charge in [-0.1, -0.05) is 27.5 Å². The smallest absolute Gasteiger partial charge is 0.128 e. The van der Waals surface area contributed by atoms with E-state index in [0.29, 0.717) is 17.2 Å². The van der Waals surface area contributed by atoms with Gasteiger partial charge in [0.15, 0.2) is 0 Å². The van der Waals surface area contributed by atoms with E-state index in [0.717, 1.165) is 27.8 Å². The second-order valence-corrected chi connectivity index (χ2v) is 6.08. The molecule has 2 aromatic carbocycles. The van der Waals surface area contributed by atoms with Gasteiger partial charge in [0, 0.05) is 27.0 Å². The highest BCUT2D eigenvalue weighted by atomic mass is 79.9. The monoisotopic (exact) mass is 355 g/mol. The molecule has 3 rings (SSSR count). The lowest BCUT2D eigenvalue weighted by molar-refractivity contribution is 0.352. The van der Waals surface area contributed by atoms with Gasteiger partial charge in [-0.15, -0.1) is 0 Å². The fourth-order valence-corrected chi connectivity index (χ4v) is 3.15. The standard InChI is InChI=1S/C15H12BrClFNO/c16-9-5-8-3-4-20-15(8)12(6-9)14(19)11-7-10(17)1-2-13(11)18/h1-2,5-7,14H,3-4,19H2. The lowest BCUT2D eigenvalue weighted by Crippen LogP contribution is -2.15. The predicted molar refractivity (Wildman–Crippen MR) is 80.8 cm³/mol. The van der Waals surface area contributed by atoms with Crippen LogP contribution in [0.5, 0.6) is 5.75 Å².